The molecule has 4 rings (SSSR count). The summed E-state index contributed by atoms with van der Waals surface area (Å²) in [6, 6.07) is 8.22. The van der Waals surface area contributed by atoms with E-state index < -0.39 is 6.09 Å². The Morgan fingerprint density at radius 1 is 1.38 bits per heavy atom. The second-order valence-electron chi connectivity index (χ2n) is 6.85. The third-order valence-corrected chi connectivity index (χ3v) is 4.64. The first kappa shape index (κ1) is 16.6. The lowest BCUT2D eigenvalue weighted by Crippen LogP contribution is -2.44. The molecule has 1 aromatic heterocycles. The highest BCUT2D eigenvalue weighted by molar-refractivity contribution is 5.89. The number of pyridine rings is 1. The van der Waals surface area contributed by atoms with E-state index in [0.717, 1.165) is 24.0 Å². The number of hydrogen-bond acceptors (Lipinski definition) is 4. The number of halogens is 1. The third-order valence-electron chi connectivity index (χ3n) is 4.64. The zero-order valence-electron chi connectivity index (χ0n) is 14.4. The van der Waals surface area contributed by atoms with Crippen molar-refractivity contribution >= 4 is 17.6 Å². The maximum atomic E-state index is 13.2. The van der Waals surface area contributed by atoms with Gasteiger partial charge in [0.05, 0.1) is 6.04 Å². The number of carboxylic acid groups (broad SMARTS) is 1. The summed E-state index contributed by atoms with van der Waals surface area (Å²) >= 11 is 0. The van der Waals surface area contributed by atoms with Gasteiger partial charge in [-0.2, -0.15) is 4.98 Å². The fourth-order valence-electron chi connectivity index (χ4n) is 3.11. The molecule has 1 aromatic carbocycles. The molecule has 1 amide bonds. The third kappa shape index (κ3) is 3.29. The van der Waals surface area contributed by atoms with Gasteiger partial charge in [0, 0.05) is 18.0 Å². The molecule has 1 aliphatic carbocycles. The second-order valence-corrected chi connectivity index (χ2v) is 6.85. The SMILES string of the molecule is CC1COc2nc(NC3CC3)c(Cc3ccc(F)cc3)cc2N1C(=O)O. The van der Waals surface area contributed by atoms with Crippen LogP contribution in [-0.4, -0.2) is 34.9 Å². The summed E-state index contributed by atoms with van der Waals surface area (Å²) in [6.45, 7) is 2.07. The Morgan fingerprint density at radius 3 is 2.77 bits per heavy atom. The van der Waals surface area contributed by atoms with E-state index in [1.165, 1.54) is 17.0 Å². The second kappa shape index (κ2) is 6.48. The van der Waals surface area contributed by atoms with E-state index in [1.807, 2.05) is 6.07 Å². The van der Waals surface area contributed by atoms with E-state index in [-0.39, 0.29) is 18.5 Å². The first-order chi connectivity index (χ1) is 12.5. The molecule has 6 nitrogen and oxygen atoms in total. The number of carbonyl (C=O) groups is 1. The van der Waals surface area contributed by atoms with Crippen LogP contribution in [0, 0.1) is 5.82 Å². The summed E-state index contributed by atoms with van der Waals surface area (Å²) in [7, 11) is 0. The highest BCUT2D eigenvalue weighted by Gasteiger charge is 2.32. The standard InChI is InChI=1S/C19H20FN3O3/c1-11-10-26-18-16(23(11)19(24)25)9-13(17(22-18)21-15-6-7-15)8-12-2-4-14(20)5-3-12/h2-5,9,11,15H,6-8,10H2,1H3,(H,21,22)(H,24,25). The van der Waals surface area contributed by atoms with Crippen LogP contribution in [0.15, 0.2) is 30.3 Å². The molecule has 1 atom stereocenters. The molecule has 2 N–H and O–H groups in total. The Hall–Kier alpha value is -2.83. The first-order valence-corrected chi connectivity index (χ1v) is 8.71. The molecule has 136 valence electrons. The Balaban J connectivity index is 1.74. The van der Waals surface area contributed by atoms with Gasteiger partial charge >= 0.3 is 6.09 Å². The van der Waals surface area contributed by atoms with Crippen molar-refractivity contribution in [2.24, 2.45) is 0 Å². The van der Waals surface area contributed by atoms with E-state index in [2.05, 4.69) is 10.3 Å². The van der Waals surface area contributed by atoms with Crippen LogP contribution in [-0.2, 0) is 6.42 Å². The predicted molar refractivity (Wildman–Crippen MR) is 95.5 cm³/mol. The van der Waals surface area contributed by atoms with Gasteiger partial charge in [0.15, 0.2) is 0 Å². The molecule has 1 fully saturated rings. The van der Waals surface area contributed by atoms with Gasteiger partial charge in [0.2, 0.25) is 5.88 Å². The van der Waals surface area contributed by atoms with Gasteiger partial charge in [-0.15, -0.1) is 0 Å². The van der Waals surface area contributed by atoms with Crippen molar-refractivity contribution in [1.29, 1.82) is 0 Å². The Labute approximate surface area is 150 Å². The van der Waals surface area contributed by atoms with E-state index >= 15 is 0 Å². The monoisotopic (exact) mass is 357 g/mol. The van der Waals surface area contributed by atoms with Gasteiger partial charge in [-0.3, -0.25) is 4.90 Å². The highest BCUT2D eigenvalue weighted by atomic mass is 19.1. The molecular formula is C19H20FN3O3. The zero-order chi connectivity index (χ0) is 18.3. The highest BCUT2D eigenvalue weighted by Crippen LogP contribution is 2.37. The molecule has 2 heterocycles. The number of rotatable bonds is 4. The molecule has 0 bridgehead atoms. The van der Waals surface area contributed by atoms with Gasteiger partial charge in [0.25, 0.3) is 0 Å². The molecule has 26 heavy (non-hydrogen) atoms. The number of hydrogen-bond donors (Lipinski definition) is 2. The predicted octanol–water partition coefficient (Wildman–Crippen LogP) is 3.65. The van der Waals surface area contributed by atoms with Gasteiger partial charge in [-0.1, -0.05) is 12.1 Å². The van der Waals surface area contributed by atoms with Crippen molar-refractivity contribution in [2.45, 2.75) is 38.3 Å². The number of benzene rings is 1. The molecule has 0 saturated heterocycles. The van der Waals surface area contributed by atoms with Crippen LogP contribution in [0.3, 0.4) is 0 Å². The smallest absolute Gasteiger partial charge is 0.412 e. The maximum absolute atomic E-state index is 13.2. The molecule has 0 spiro atoms. The number of ether oxygens (including phenoxy) is 1. The minimum Gasteiger partial charge on any atom is -0.474 e. The van der Waals surface area contributed by atoms with Crippen LogP contribution in [0.2, 0.25) is 0 Å². The van der Waals surface area contributed by atoms with Crippen LogP contribution in [0.1, 0.15) is 30.9 Å². The molecule has 1 aliphatic heterocycles. The van der Waals surface area contributed by atoms with E-state index in [4.69, 9.17) is 4.74 Å². The molecule has 0 radical (unpaired) electrons. The molecule has 2 aromatic rings. The minimum atomic E-state index is -1.03. The van der Waals surface area contributed by atoms with Crippen molar-refractivity contribution in [3.63, 3.8) is 0 Å². The molecular weight excluding hydrogens is 337 g/mol. The first-order valence-electron chi connectivity index (χ1n) is 8.71. The van der Waals surface area contributed by atoms with Crippen LogP contribution >= 0.6 is 0 Å². The van der Waals surface area contributed by atoms with Crippen molar-refractivity contribution in [3.8, 4) is 5.88 Å². The quantitative estimate of drug-likeness (QED) is 0.874. The largest absolute Gasteiger partial charge is 0.474 e. The summed E-state index contributed by atoms with van der Waals surface area (Å²) < 4.78 is 18.9. The summed E-state index contributed by atoms with van der Waals surface area (Å²) in [5, 5.41) is 13.0. The Bertz CT molecular complexity index is 837. The normalized spacial score (nSPS) is 18.8. The van der Waals surface area contributed by atoms with Gasteiger partial charge < -0.3 is 15.2 Å². The summed E-state index contributed by atoms with van der Waals surface area (Å²) in [5.74, 6) is 0.750. The van der Waals surface area contributed by atoms with Crippen molar-refractivity contribution in [3.05, 3.63) is 47.3 Å². The number of fused-ring (bicyclic) bond motifs is 1. The average molecular weight is 357 g/mol. The average Bonchev–Trinajstić information content (AvgIpc) is 3.41. The lowest BCUT2D eigenvalue weighted by Gasteiger charge is -2.33. The molecule has 2 aliphatic rings. The van der Waals surface area contributed by atoms with Crippen LogP contribution in [0.4, 0.5) is 20.7 Å². The lowest BCUT2D eigenvalue weighted by atomic mass is 10.0. The van der Waals surface area contributed by atoms with E-state index in [9.17, 15) is 14.3 Å². The van der Waals surface area contributed by atoms with Crippen molar-refractivity contribution in [2.75, 3.05) is 16.8 Å². The number of amides is 1. The zero-order valence-corrected chi connectivity index (χ0v) is 14.4. The lowest BCUT2D eigenvalue weighted by molar-refractivity contribution is 0.188. The number of nitrogens with one attached hydrogen (secondary N) is 1. The van der Waals surface area contributed by atoms with Crippen LogP contribution < -0.4 is 15.0 Å². The van der Waals surface area contributed by atoms with Crippen LogP contribution in [0.5, 0.6) is 5.88 Å². The fraction of sp³-hybridized carbons (Fsp3) is 0.368. The fourth-order valence-corrected chi connectivity index (χ4v) is 3.11. The number of aromatic nitrogens is 1. The Morgan fingerprint density at radius 2 is 2.12 bits per heavy atom. The van der Waals surface area contributed by atoms with Gasteiger partial charge in [-0.25, -0.2) is 9.18 Å². The van der Waals surface area contributed by atoms with Gasteiger partial charge in [-0.05, 0) is 43.5 Å². The Kier molecular flexibility index (Phi) is 4.14. The van der Waals surface area contributed by atoms with Crippen molar-refractivity contribution in [1.82, 2.24) is 4.98 Å². The van der Waals surface area contributed by atoms with Gasteiger partial charge in [0.1, 0.15) is 23.9 Å². The summed E-state index contributed by atoms with van der Waals surface area (Å²) in [5.41, 5.74) is 2.25. The van der Waals surface area contributed by atoms with E-state index in [0.29, 0.717) is 29.8 Å². The summed E-state index contributed by atoms with van der Waals surface area (Å²) in [6.07, 6.45) is 1.68. The topological polar surface area (TPSA) is 74.7 Å². The summed E-state index contributed by atoms with van der Waals surface area (Å²) in [4.78, 5) is 17.5. The molecule has 1 saturated carbocycles. The number of nitrogens with zero attached hydrogens (tertiary/aromatic N) is 2. The van der Waals surface area contributed by atoms with Crippen molar-refractivity contribution < 1.29 is 19.0 Å². The number of anilines is 2. The van der Waals surface area contributed by atoms with Crippen LogP contribution in [0.25, 0.3) is 0 Å². The maximum Gasteiger partial charge on any atom is 0.412 e. The minimum absolute atomic E-state index is 0.270. The molecule has 1 unspecified atom stereocenters. The molecule has 7 heteroatoms. The van der Waals surface area contributed by atoms with E-state index in [1.54, 1.807) is 19.1 Å².